The van der Waals surface area contributed by atoms with Crippen LogP contribution in [0.5, 0.6) is 0 Å². The van der Waals surface area contributed by atoms with Gasteiger partial charge in [-0.1, -0.05) is 26.7 Å². The van der Waals surface area contributed by atoms with Crippen molar-refractivity contribution in [1.29, 1.82) is 0 Å². The van der Waals surface area contributed by atoms with E-state index in [1.54, 1.807) is 0 Å². The monoisotopic (exact) mass is 186 g/mol. The molecule has 3 unspecified atom stereocenters. The van der Waals surface area contributed by atoms with Gasteiger partial charge in [-0.2, -0.15) is 0 Å². The molecule has 3 heteroatoms. The van der Waals surface area contributed by atoms with Crippen molar-refractivity contribution >= 4 is 17.3 Å². The summed E-state index contributed by atoms with van der Waals surface area (Å²) in [7, 11) is 0. The second-order valence-corrected chi connectivity index (χ2v) is 4.32. The molecule has 12 heavy (non-hydrogen) atoms. The van der Waals surface area contributed by atoms with E-state index in [0.717, 1.165) is 5.92 Å². The lowest BCUT2D eigenvalue weighted by atomic mass is 9.78. The lowest BCUT2D eigenvalue weighted by molar-refractivity contribution is 0.225. The number of nitrogens with one attached hydrogen (secondary N) is 1. The van der Waals surface area contributed by atoms with E-state index in [4.69, 9.17) is 18.0 Å². The van der Waals surface area contributed by atoms with Gasteiger partial charge in [0, 0.05) is 6.04 Å². The van der Waals surface area contributed by atoms with Gasteiger partial charge in [0.15, 0.2) is 5.11 Å². The molecule has 0 aromatic heterocycles. The maximum Gasteiger partial charge on any atom is 0.163 e. The first-order chi connectivity index (χ1) is 5.61. The lowest BCUT2D eigenvalue weighted by Gasteiger charge is -2.34. The molecule has 1 saturated carbocycles. The minimum Gasteiger partial charge on any atom is -0.376 e. The van der Waals surface area contributed by atoms with Crippen LogP contribution in [0.25, 0.3) is 0 Å². The zero-order chi connectivity index (χ0) is 9.14. The Kier molecular flexibility index (Phi) is 3.32. The summed E-state index contributed by atoms with van der Waals surface area (Å²) in [5, 5.41) is 3.62. The quantitative estimate of drug-likeness (QED) is 0.611. The van der Waals surface area contributed by atoms with Gasteiger partial charge >= 0.3 is 0 Å². The number of nitrogens with two attached hydrogens (primary N) is 1. The van der Waals surface area contributed by atoms with Crippen molar-refractivity contribution in [3.63, 3.8) is 0 Å². The largest absolute Gasteiger partial charge is 0.376 e. The normalized spacial score (nSPS) is 36.0. The molecule has 2 nitrogen and oxygen atoms in total. The molecule has 1 rings (SSSR count). The van der Waals surface area contributed by atoms with Crippen LogP contribution in [-0.4, -0.2) is 11.2 Å². The highest BCUT2D eigenvalue weighted by atomic mass is 32.1. The Hall–Kier alpha value is -0.310. The van der Waals surface area contributed by atoms with Crippen LogP contribution < -0.4 is 11.1 Å². The third-order valence-corrected chi connectivity index (χ3v) is 3.15. The Morgan fingerprint density at radius 1 is 1.42 bits per heavy atom. The summed E-state index contributed by atoms with van der Waals surface area (Å²) in [5.74, 6) is 1.49. The fourth-order valence-electron chi connectivity index (χ4n) is 1.97. The number of thiocarbonyl (C=S) groups is 1. The molecule has 0 aliphatic heterocycles. The van der Waals surface area contributed by atoms with Gasteiger partial charge in [0.1, 0.15) is 0 Å². The van der Waals surface area contributed by atoms with Crippen LogP contribution in [0.4, 0.5) is 0 Å². The number of rotatable bonds is 1. The van der Waals surface area contributed by atoms with E-state index in [1.165, 1.54) is 19.3 Å². The van der Waals surface area contributed by atoms with Crippen LogP contribution in [0.15, 0.2) is 0 Å². The summed E-state index contributed by atoms with van der Waals surface area (Å²) in [6, 6.07) is 0.506. The van der Waals surface area contributed by atoms with Gasteiger partial charge in [0.05, 0.1) is 0 Å². The molecule has 0 bridgehead atoms. The van der Waals surface area contributed by atoms with Crippen molar-refractivity contribution in [2.24, 2.45) is 17.6 Å². The second-order valence-electron chi connectivity index (χ2n) is 3.88. The van der Waals surface area contributed by atoms with Gasteiger partial charge in [0.25, 0.3) is 0 Å². The maximum absolute atomic E-state index is 5.45. The number of hydrogen-bond acceptors (Lipinski definition) is 1. The Morgan fingerprint density at radius 2 is 2.08 bits per heavy atom. The highest BCUT2D eigenvalue weighted by Gasteiger charge is 2.26. The molecule has 1 fully saturated rings. The van der Waals surface area contributed by atoms with Crippen LogP contribution in [0, 0.1) is 11.8 Å². The molecule has 0 aromatic rings. The molecule has 3 N–H and O–H groups in total. The summed E-state index contributed by atoms with van der Waals surface area (Å²) in [4.78, 5) is 0. The maximum atomic E-state index is 5.45. The van der Waals surface area contributed by atoms with Crippen molar-refractivity contribution in [3.8, 4) is 0 Å². The average Bonchev–Trinajstić information content (AvgIpc) is 1.98. The molecular formula is C9H18N2S. The van der Waals surface area contributed by atoms with Gasteiger partial charge in [-0.25, -0.2) is 0 Å². The summed E-state index contributed by atoms with van der Waals surface area (Å²) in [6.45, 7) is 4.58. The smallest absolute Gasteiger partial charge is 0.163 e. The fourth-order valence-corrected chi connectivity index (χ4v) is 2.12. The predicted molar refractivity (Wildman–Crippen MR) is 55.9 cm³/mol. The van der Waals surface area contributed by atoms with Gasteiger partial charge in [-0.3, -0.25) is 0 Å². The minimum absolute atomic E-state index is 0.445. The van der Waals surface area contributed by atoms with E-state index in [9.17, 15) is 0 Å². The van der Waals surface area contributed by atoms with Crippen molar-refractivity contribution in [2.75, 3.05) is 0 Å². The van der Waals surface area contributed by atoms with E-state index >= 15 is 0 Å². The zero-order valence-electron chi connectivity index (χ0n) is 7.84. The average molecular weight is 186 g/mol. The number of hydrogen-bond donors (Lipinski definition) is 2. The van der Waals surface area contributed by atoms with Gasteiger partial charge in [-0.15, -0.1) is 0 Å². The summed E-state index contributed by atoms with van der Waals surface area (Å²) >= 11 is 4.83. The molecule has 0 amide bonds. The van der Waals surface area contributed by atoms with Gasteiger partial charge in [0.2, 0.25) is 0 Å². The summed E-state index contributed by atoms with van der Waals surface area (Å²) in [5.41, 5.74) is 5.45. The standard InChI is InChI=1S/C9H18N2S/c1-6-4-3-5-8(7(6)2)11-9(10)12/h6-8H,3-5H2,1-2H3,(H3,10,11,12). The molecule has 0 radical (unpaired) electrons. The molecule has 70 valence electrons. The van der Waals surface area contributed by atoms with Crippen LogP contribution in [0.1, 0.15) is 33.1 Å². The SMILES string of the molecule is CC1CCCC(NC(N)=S)C1C. The third-order valence-electron chi connectivity index (χ3n) is 3.03. The van der Waals surface area contributed by atoms with E-state index in [2.05, 4.69) is 19.2 Å². The minimum atomic E-state index is 0.445. The molecule has 0 aromatic carbocycles. The zero-order valence-corrected chi connectivity index (χ0v) is 8.66. The first kappa shape index (κ1) is 9.78. The predicted octanol–water partition coefficient (Wildman–Crippen LogP) is 1.64. The van der Waals surface area contributed by atoms with Crippen molar-refractivity contribution < 1.29 is 0 Å². The van der Waals surface area contributed by atoms with Crippen molar-refractivity contribution in [1.82, 2.24) is 5.32 Å². The molecule has 1 aliphatic carbocycles. The Morgan fingerprint density at radius 3 is 2.67 bits per heavy atom. The van der Waals surface area contributed by atoms with E-state index in [1.807, 2.05) is 0 Å². The van der Waals surface area contributed by atoms with Crippen LogP contribution in [0.2, 0.25) is 0 Å². The topological polar surface area (TPSA) is 38.0 Å². The Bertz CT molecular complexity index is 170. The van der Waals surface area contributed by atoms with E-state index in [0.29, 0.717) is 17.1 Å². The molecular weight excluding hydrogens is 168 g/mol. The fraction of sp³-hybridized carbons (Fsp3) is 0.889. The van der Waals surface area contributed by atoms with Crippen LogP contribution >= 0.6 is 12.2 Å². The highest BCUT2D eigenvalue weighted by Crippen LogP contribution is 2.29. The molecule has 3 atom stereocenters. The van der Waals surface area contributed by atoms with Crippen LogP contribution in [0.3, 0.4) is 0 Å². The highest BCUT2D eigenvalue weighted by molar-refractivity contribution is 7.80. The lowest BCUT2D eigenvalue weighted by Crippen LogP contribution is -2.45. The molecule has 1 aliphatic rings. The Balaban J connectivity index is 2.46. The first-order valence-corrected chi connectivity index (χ1v) is 5.08. The summed E-state index contributed by atoms with van der Waals surface area (Å²) < 4.78 is 0. The van der Waals surface area contributed by atoms with Crippen molar-refractivity contribution in [3.05, 3.63) is 0 Å². The van der Waals surface area contributed by atoms with E-state index < -0.39 is 0 Å². The van der Waals surface area contributed by atoms with E-state index in [-0.39, 0.29) is 0 Å². The first-order valence-electron chi connectivity index (χ1n) is 4.67. The summed E-state index contributed by atoms with van der Waals surface area (Å²) in [6.07, 6.45) is 3.85. The molecule has 0 heterocycles. The van der Waals surface area contributed by atoms with Gasteiger partial charge < -0.3 is 11.1 Å². The van der Waals surface area contributed by atoms with Gasteiger partial charge in [-0.05, 0) is 30.5 Å². The Labute approximate surface area is 79.9 Å². The second kappa shape index (κ2) is 4.08. The van der Waals surface area contributed by atoms with Crippen LogP contribution in [-0.2, 0) is 0 Å². The third kappa shape index (κ3) is 2.34. The molecule has 0 spiro atoms. The molecule has 0 saturated heterocycles. The van der Waals surface area contributed by atoms with Crippen molar-refractivity contribution in [2.45, 2.75) is 39.2 Å².